The number of pyridine rings is 1. The van der Waals surface area contributed by atoms with Crippen molar-refractivity contribution in [2.24, 2.45) is 0 Å². The summed E-state index contributed by atoms with van der Waals surface area (Å²) in [5.41, 5.74) is -0.136. The summed E-state index contributed by atoms with van der Waals surface area (Å²) in [5.74, 6) is 0.881. The van der Waals surface area contributed by atoms with Gasteiger partial charge in [0.15, 0.2) is 5.82 Å². The van der Waals surface area contributed by atoms with Crippen LogP contribution in [-0.2, 0) is 6.54 Å². The first kappa shape index (κ1) is 15.6. The van der Waals surface area contributed by atoms with E-state index in [1.165, 1.54) is 6.20 Å². The van der Waals surface area contributed by atoms with Crippen molar-refractivity contribution in [3.05, 3.63) is 45.1 Å². The Kier molecular flexibility index (Phi) is 5.41. The Hall–Kier alpha value is -1.79. The SMILES string of the molecule is CCn1ccnc(NCCNc2ncc(Cl)cc2Cl)c1=O. The van der Waals surface area contributed by atoms with E-state index >= 15 is 0 Å². The average Bonchev–Trinajstić information content (AvgIpc) is 2.47. The van der Waals surface area contributed by atoms with Gasteiger partial charge in [0, 0.05) is 38.2 Å². The van der Waals surface area contributed by atoms with Gasteiger partial charge in [-0.2, -0.15) is 0 Å². The highest BCUT2D eigenvalue weighted by atomic mass is 35.5. The Morgan fingerprint density at radius 1 is 1.19 bits per heavy atom. The summed E-state index contributed by atoms with van der Waals surface area (Å²) in [6.45, 7) is 3.56. The van der Waals surface area contributed by atoms with Crippen LogP contribution in [0.2, 0.25) is 10.0 Å². The second-order valence-corrected chi connectivity index (χ2v) is 5.05. The fourth-order valence-electron chi connectivity index (χ4n) is 1.72. The van der Waals surface area contributed by atoms with Crippen LogP contribution in [0.15, 0.2) is 29.5 Å². The van der Waals surface area contributed by atoms with Crippen molar-refractivity contribution < 1.29 is 0 Å². The number of hydrogen-bond acceptors (Lipinski definition) is 5. The molecule has 0 aliphatic rings. The maximum absolute atomic E-state index is 11.9. The molecule has 0 fully saturated rings. The summed E-state index contributed by atoms with van der Waals surface area (Å²) >= 11 is 11.8. The van der Waals surface area contributed by atoms with Gasteiger partial charge >= 0.3 is 0 Å². The van der Waals surface area contributed by atoms with Crippen LogP contribution >= 0.6 is 23.2 Å². The molecule has 0 saturated carbocycles. The largest absolute Gasteiger partial charge is 0.367 e. The topological polar surface area (TPSA) is 71.8 Å². The highest BCUT2D eigenvalue weighted by molar-refractivity contribution is 6.35. The molecule has 112 valence electrons. The van der Waals surface area contributed by atoms with Gasteiger partial charge in [-0.3, -0.25) is 4.79 Å². The highest BCUT2D eigenvalue weighted by Crippen LogP contribution is 2.21. The molecule has 21 heavy (non-hydrogen) atoms. The molecule has 0 atom stereocenters. The van der Waals surface area contributed by atoms with Crippen molar-refractivity contribution in [3.8, 4) is 0 Å². The van der Waals surface area contributed by atoms with Crippen LogP contribution in [0.25, 0.3) is 0 Å². The fraction of sp³-hybridized carbons (Fsp3) is 0.308. The normalized spacial score (nSPS) is 10.4. The zero-order valence-electron chi connectivity index (χ0n) is 11.4. The predicted molar refractivity (Wildman–Crippen MR) is 85.4 cm³/mol. The minimum Gasteiger partial charge on any atom is -0.367 e. The summed E-state index contributed by atoms with van der Waals surface area (Å²) in [4.78, 5) is 20.0. The summed E-state index contributed by atoms with van der Waals surface area (Å²) in [7, 11) is 0. The van der Waals surface area contributed by atoms with E-state index in [1.54, 1.807) is 23.0 Å². The number of halogens is 2. The van der Waals surface area contributed by atoms with Gasteiger partial charge in [-0.15, -0.1) is 0 Å². The molecule has 0 saturated heterocycles. The van der Waals surface area contributed by atoms with Crippen LogP contribution in [-0.4, -0.2) is 27.6 Å². The lowest BCUT2D eigenvalue weighted by atomic mass is 10.4. The van der Waals surface area contributed by atoms with Gasteiger partial charge < -0.3 is 15.2 Å². The van der Waals surface area contributed by atoms with Crippen LogP contribution in [0.5, 0.6) is 0 Å². The summed E-state index contributed by atoms with van der Waals surface area (Å²) in [5, 5.41) is 6.98. The van der Waals surface area contributed by atoms with Gasteiger partial charge in [0.1, 0.15) is 5.82 Å². The first-order valence-corrected chi connectivity index (χ1v) is 7.21. The van der Waals surface area contributed by atoms with E-state index in [4.69, 9.17) is 23.2 Å². The smallest absolute Gasteiger partial charge is 0.293 e. The molecule has 2 aromatic heterocycles. The third-order valence-electron chi connectivity index (χ3n) is 2.77. The maximum atomic E-state index is 11.9. The molecule has 8 heteroatoms. The van der Waals surface area contributed by atoms with Gasteiger partial charge in [-0.1, -0.05) is 23.2 Å². The molecule has 2 heterocycles. The fourth-order valence-corrected chi connectivity index (χ4v) is 2.17. The minimum atomic E-state index is -0.136. The van der Waals surface area contributed by atoms with Gasteiger partial charge in [0.25, 0.3) is 5.56 Å². The van der Waals surface area contributed by atoms with E-state index in [1.807, 2.05) is 6.92 Å². The number of nitrogens with zero attached hydrogens (tertiary/aromatic N) is 3. The van der Waals surface area contributed by atoms with E-state index in [2.05, 4.69) is 20.6 Å². The molecule has 0 aromatic carbocycles. The van der Waals surface area contributed by atoms with Crippen molar-refractivity contribution in [1.29, 1.82) is 0 Å². The molecular weight excluding hydrogens is 313 g/mol. The standard InChI is InChI=1S/C13H15Cl2N5O/c1-2-20-6-5-18-12(13(20)21)17-4-3-16-11-10(15)7-9(14)8-19-11/h5-8H,2-4H2,1H3,(H,16,19)(H,17,18). The highest BCUT2D eigenvalue weighted by Gasteiger charge is 2.04. The molecule has 2 rings (SSSR count). The monoisotopic (exact) mass is 327 g/mol. The molecule has 0 bridgehead atoms. The molecule has 0 spiro atoms. The Balaban J connectivity index is 1.89. The van der Waals surface area contributed by atoms with E-state index < -0.39 is 0 Å². The molecule has 0 unspecified atom stereocenters. The number of hydrogen-bond donors (Lipinski definition) is 2. The molecule has 0 radical (unpaired) electrons. The van der Waals surface area contributed by atoms with E-state index in [0.717, 1.165) is 0 Å². The summed E-state index contributed by atoms with van der Waals surface area (Å²) in [6, 6.07) is 1.62. The molecule has 2 aromatic rings. The zero-order valence-corrected chi connectivity index (χ0v) is 12.9. The second kappa shape index (κ2) is 7.28. The van der Waals surface area contributed by atoms with E-state index in [9.17, 15) is 4.79 Å². The number of aromatic nitrogens is 3. The van der Waals surface area contributed by atoms with Gasteiger partial charge in [0.2, 0.25) is 0 Å². The number of rotatable bonds is 6. The lowest BCUT2D eigenvalue weighted by Gasteiger charge is -2.09. The minimum absolute atomic E-state index is 0.136. The Bertz CT molecular complexity index is 674. The molecule has 2 N–H and O–H groups in total. The Morgan fingerprint density at radius 2 is 1.90 bits per heavy atom. The van der Waals surface area contributed by atoms with Crippen molar-refractivity contribution in [2.75, 3.05) is 23.7 Å². The van der Waals surface area contributed by atoms with Crippen LogP contribution in [0, 0.1) is 0 Å². The molecule has 0 aliphatic carbocycles. The van der Waals surface area contributed by atoms with Crippen molar-refractivity contribution in [3.63, 3.8) is 0 Å². The number of anilines is 2. The second-order valence-electron chi connectivity index (χ2n) is 4.20. The zero-order chi connectivity index (χ0) is 15.2. The summed E-state index contributed by atoms with van der Waals surface area (Å²) < 4.78 is 1.58. The van der Waals surface area contributed by atoms with E-state index in [-0.39, 0.29) is 5.56 Å². The lowest BCUT2D eigenvalue weighted by Crippen LogP contribution is -2.25. The van der Waals surface area contributed by atoms with Crippen molar-refractivity contribution >= 4 is 34.8 Å². The Labute approximate surface area is 132 Å². The van der Waals surface area contributed by atoms with Crippen LogP contribution < -0.4 is 16.2 Å². The molecule has 0 amide bonds. The van der Waals surface area contributed by atoms with Gasteiger partial charge in [0.05, 0.1) is 10.0 Å². The third kappa shape index (κ3) is 4.09. The molecule has 6 nitrogen and oxygen atoms in total. The average molecular weight is 328 g/mol. The Morgan fingerprint density at radius 3 is 2.57 bits per heavy atom. The quantitative estimate of drug-likeness (QED) is 0.797. The van der Waals surface area contributed by atoms with Gasteiger partial charge in [-0.05, 0) is 13.0 Å². The van der Waals surface area contributed by atoms with Gasteiger partial charge in [-0.25, -0.2) is 9.97 Å². The lowest BCUT2D eigenvalue weighted by molar-refractivity contribution is 0.719. The van der Waals surface area contributed by atoms with E-state index in [0.29, 0.717) is 41.3 Å². The first-order chi connectivity index (χ1) is 10.1. The molecule has 0 aliphatic heterocycles. The van der Waals surface area contributed by atoms with Crippen LogP contribution in [0.1, 0.15) is 6.92 Å². The van der Waals surface area contributed by atoms with Crippen molar-refractivity contribution in [2.45, 2.75) is 13.5 Å². The predicted octanol–water partition coefficient (Wildman–Crippen LogP) is 2.49. The number of nitrogens with one attached hydrogen (secondary N) is 2. The third-order valence-corrected chi connectivity index (χ3v) is 3.27. The van der Waals surface area contributed by atoms with Crippen LogP contribution in [0.3, 0.4) is 0 Å². The number of aryl methyl sites for hydroxylation is 1. The summed E-state index contributed by atoms with van der Waals surface area (Å²) in [6.07, 6.45) is 4.77. The first-order valence-electron chi connectivity index (χ1n) is 6.46. The molecular formula is C13H15Cl2N5O. The van der Waals surface area contributed by atoms with Crippen molar-refractivity contribution in [1.82, 2.24) is 14.5 Å². The maximum Gasteiger partial charge on any atom is 0.293 e. The van der Waals surface area contributed by atoms with Crippen LogP contribution in [0.4, 0.5) is 11.6 Å².